The highest BCUT2D eigenvalue weighted by Gasteiger charge is 2.46. The molecule has 162 valence electrons. The lowest BCUT2D eigenvalue weighted by Gasteiger charge is -2.25. The fourth-order valence-electron chi connectivity index (χ4n) is 3.73. The van der Waals surface area contributed by atoms with Crippen molar-refractivity contribution >= 4 is 17.4 Å². The standard InChI is InChI=1S/C25H23N3O4/c1-16(2)32-20-9-7-18(8-10-20)23(29)21-22(19-6-4-12-27-14-19)28(25(31)24(21)30)15-17-5-3-11-26-13-17/h3-14,16,22,29H,15H2,1-2H3/b23-21-. The van der Waals surface area contributed by atoms with Crippen molar-refractivity contribution in [2.75, 3.05) is 0 Å². The first-order chi connectivity index (χ1) is 15.5. The lowest BCUT2D eigenvalue weighted by atomic mass is 9.96. The smallest absolute Gasteiger partial charge is 0.295 e. The van der Waals surface area contributed by atoms with Gasteiger partial charge in [-0.05, 0) is 61.4 Å². The van der Waals surface area contributed by atoms with Crippen LogP contribution in [0.3, 0.4) is 0 Å². The number of Topliss-reactive ketones (excluding diaryl/α,β-unsaturated/α-hetero) is 1. The van der Waals surface area contributed by atoms with Crippen LogP contribution in [0.2, 0.25) is 0 Å². The molecule has 1 atom stereocenters. The van der Waals surface area contributed by atoms with Gasteiger partial charge in [0.2, 0.25) is 0 Å². The second kappa shape index (κ2) is 9.01. The third-order valence-electron chi connectivity index (χ3n) is 5.12. The Hall–Kier alpha value is -4.00. The number of carbonyl (C=O) groups excluding carboxylic acids is 2. The Morgan fingerprint density at radius 1 is 1.03 bits per heavy atom. The van der Waals surface area contributed by atoms with Crippen molar-refractivity contribution in [3.8, 4) is 5.75 Å². The number of hydrogen-bond donors (Lipinski definition) is 1. The van der Waals surface area contributed by atoms with Crippen molar-refractivity contribution in [2.45, 2.75) is 32.5 Å². The van der Waals surface area contributed by atoms with Crippen LogP contribution in [0.1, 0.15) is 36.6 Å². The molecule has 1 aliphatic rings. The van der Waals surface area contributed by atoms with Gasteiger partial charge in [-0.25, -0.2) is 0 Å². The first-order valence-electron chi connectivity index (χ1n) is 10.3. The second-order valence-corrected chi connectivity index (χ2v) is 7.77. The Labute approximate surface area is 186 Å². The van der Waals surface area contributed by atoms with Crippen LogP contribution in [-0.2, 0) is 16.1 Å². The highest BCUT2D eigenvalue weighted by Crippen LogP contribution is 2.40. The fraction of sp³-hybridized carbons (Fsp3) is 0.200. The molecule has 0 radical (unpaired) electrons. The summed E-state index contributed by atoms with van der Waals surface area (Å²) in [5, 5.41) is 11.1. The number of hydrogen-bond acceptors (Lipinski definition) is 6. The van der Waals surface area contributed by atoms with E-state index >= 15 is 0 Å². The number of rotatable bonds is 6. The van der Waals surface area contributed by atoms with Crippen LogP contribution in [0.5, 0.6) is 5.75 Å². The van der Waals surface area contributed by atoms with E-state index in [2.05, 4.69) is 9.97 Å². The quantitative estimate of drug-likeness (QED) is 0.363. The Bertz CT molecular complexity index is 1140. The zero-order valence-corrected chi connectivity index (χ0v) is 17.8. The molecule has 4 rings (SSSR count). The highest BCUT2D eigenvalue weighted by atomic mass is 16.5. The summed E-state index contributed by atoms with van der Waals surface area (Å²) < 4.78 is 5.65. The van der Waals surface area contributed by atoms with E-state index < -0.39 is 17.7 Å². The Kier molecular flexibility index (Phi) is 5.98. The summed E-state index contributed by atoms with van der Waals surface area (Å²) >= 11 is 0. The van der Waals surface area contributed by atoms with E-state index in [0.29, 0.717) is 16.9 Å². The predicted molar refractivity (Wildman–Crippen MR) is 119 cm³/mol. The largest absolute Gasteiger partial charge is 0.507 e. The van der Waals surface area contributed by atoms with E-state index in [1.54, 1.807) is 67.3 Å². The zero-order chi connectivity index (χ0) is 22.7. The number of aliphatic hydroxyl groups excluding tert-OH is 1. The van der Waals surface area contributed by atoms with Gasteiger partial charge in [-0.15, -0.1) is 0 Å². The average Bonchev–Trinajstić information content (AvgIpc) is 3.05. The molecule has 7 nitrogen and oxygen atoms in total. The van der Waals surface area contributed by atoms with Crippen LogP contribution in [0.15, 0.2) is 78.9 Å². The maximum atomic E-state index is 13.0. The number of aliphatic hydroxyl groups is 1. The maximum absolute atomic E-state index is 13.0. The molecule has 7 heteroatoms. The van der Waals surface area contributed by atoms with E-state index in [4.69, 9.17) is 4.74 Å². The summed E-state index contributed by atoms with van der Waals surface area (Å²) in [5.41, 5.74) is 1.87. The van der Waals surface area contributed by atoms with Crippen LogP contribution >= 0.6 is 0 Å². The van der Waals surface area contributed by atoms with E-state index in [1.807, 2.05) is 19.9 Å². The van der Waals surface area contributed by atoms with Crippen LogP contribution in [0.25, 0.3) is 5.76 Å². The van der Waals surface area contributed by atoms with Gasteiger partial charge in [0.05, 0.1) is 17.7 Å². The van der Waals surface area contributed by atoms with E-state index in [9.17, 15) is 14.7 Å². The Balaban J connectivity index is 1.78. The summed E-state index contributed by atoms with van der Waals surface area (Å²) in [6, 6.07) is 13.1. The molecule has 1 saturated heterocycles. The fourth-order valence-corrected chi connectivity index (χ4v) is 3.73. The normalized spacial score (nSPS) is 17.7. The molecule has 2 aromatic heterocycles. The summed E-state index contributed by atoms with van der Waals surface area (Å²) in [4.78, 5) is 35.7. The summed E-state index contributed by atoms with van der Waals surface area (Å²) in [6.07, 6.45) is 6.51. The molecule has 0 aliphatic carbocycles. The molecule has 1 unspecified atom stereocenters. The molecule has 3 aromatic rings. The molecule has 32 heavy (non-hydrogen) atoms. The molecule has 1 fully saturated rings. The van der Waals surface area contributed by atoms with Gasteiger partial charge < -0.3 is 14.7 Å². The topological polar surface area (TPSA) is 92.6 Å². The van der Waals surface area contributed by atoms with Gasteiger partial charge in [-0.1, -0.05) is 12.1 Å². The SMILES string of the molecule is CC(C)Oc1ccc(/C(O)=C2/C(=O)C(=O)N(Cc3cccnc3)C2c2cccnc2)cc1. The number of nitrogens with zero attached hydrogens (tertiary/aromatic N) is 3. The summed E-state index contributed by atoms with van der Waals surface area (Å²) in [7, 11) is 0. The number of amides is 1. The lowest BCUT2D eigenvalue weighted by molar-refractivity contribution is -0.140. The maximum Gasteiger partial charge on any atom is 0.295 e. The van der Waals surface area contributed by atoms with E-state index in [-0.39, 0.29) is 24.0 Å². The van der Waals surface area contributed by atoms with Gasteiger partial charge in [-0.3, -0.25) is 19.6 Å². The van der Waals surface area contributed by atoms with Crippen molar-refractivity contribution in [1.82, 2.24) is 14.9 Å². The number of aromatic nitrogens is 2. The van der Waals surface area contributed by atoms with Crippen molar-refractivity contribution in [2.24, 2.45) is 0 Å². The van der Waals surface area contributed by atoms with Gasteiger partial charge in [0.15, 0.2) is 0 Å². The number of pyridine rings is 2. The number of likely N-dealkylation sites (tertiary alicyclic amines) is 1. The van der Waals surface area contributed by atoms with E-state index in [0.717, 1.165) is 5.56 Å². The average molecular weight is 429 g/mol. The van der Waals surface area contributed by atoms with Crippen molar-refractivity contribution in [3.63, 3.8) is 0 Å². The molecular formula is C25H23N3O4. The van der Waals surface area contributed by atoms with Crippen LogP contribution in [-0.4, -0.2) is 37.8 Å². The lowest BCUT2D eigenvalue weighted by Crippen LogP contribution is -2.29. The van der Waals surface area contributed by atoms with E-state index in [1.165, 1.54) is 4.90 Å². The number of ether oxygens (including phenoxy) is 1. The van der Waals surface area contributed by atoms with Gasteiger partial charge in [0.1, 0.15) is 11.5 Å². The minimum atomic E-state index is -0.768. The van der Waals surface area contributed by atoms with Crippen molar-refractivity contribution in [3.05, 3.63) is 95.6 Å². The Morgan fingerprint density at radius 3 is 2.31 bits per heavy atom. The number of ketones is 1. The first-order valence-corrected chi connectivity index (χ1v) is 10.3. The second-order valence-electron chi connectivity index (χ2n) is 7.77. The monoisotopic (exact) mass is 429 g/mol. The van der Waals surface area contributed by atoms with Crippen molar-refractivity contribution in [1.29, 1.82) is 0 Å². The van der Waals surface area contributed by atoms with Crippen LogP contribution in [0, 0.1) is 0 Å². The molecule has 3 heterocycles. The van der Waals surface area contributed by atoms with Gasteiger partial charge >= 0.3 is 0 Å². The first kappa shape index (κ1) is 21.2. The predicted octanol–water partition coefficient (Wildman–Crippen LogP) is 3.89. The number of carbonyl (C=O) groups is 2. The van der Waals surface area contributed by atoms with Crippen LogP contribution in [0.4, 0.5) is 0 Å². The minimum absolute atomic E-state index is 0.0119. The molecule has 0 spiro atoms. The highest BCUT2D eigenvalue weighted by molar-refractivity contribution is 6.46. The molecule has 1 aromatic carbocycles. The number of benzene rings is 1. The molecular weight excluding hydrogens is 406 g/mol. The third-order valence-corrected chi connectivity index (χ3v) is 5.12. The molecule has 0 saturated carbocycles. The minimum Gasteiger partial charge on any atom is -0.507 e. The third kappa shape index (κ3) is 4.23. The molecule has 1 N–H and O–H groups in total. The molecule has 1 aliphatic heterocycles. The van der Waals surface area contributed by atoms with Gasteiger partial charge in [0, 0.05) is 36.9 Å². The summed E-state index contributed by atoms with van der Waals surface area (Å²) in [5.74, 6) is -0.994. The van der Waals surface area contributed by atoms with Gasteiger partial charge in [-0.2, -0.15) is 0 Å². The summed E-state index contributed by atoms with van der Waals surface area (Å²) in [6.45, 7) is 4.02. The molecule has 1 amide bonds. The molecule has 0 bridgehead atoms. The van der Waals surface area contributed by atoms with Crippen LogP contribution < -0.4 is 4.74 Å². The van der Waals surface area contributed by atoms with Gasteiger partial charge in [0.25, 0.3) is 11.7 Å². The zero-order valence-electron chi connectivity index (χ0n) is 17.8. The Morgan fingerprint density at radius 2 is 1.72 bits per heavy atom. The van der Waals surface area contributed by atoms with Crippen molar-refractivity contribution < 1.29 is 19.4 Å².